The lowest BCUT2D eigenvalue weighted by atomic mass is 9.89. The molecule has 4 heterocycles. The van der Waals surface area contributed by atoms with Crippen molar-refractivity contribution in [2.45, 2.75) is 113 Å². The van der Waals surface area contributed by atoms with Crippen molar-refractivity contribution in [2.75, 3.05) is 52.4 Å². The minimum absolute atomic E-state index is 0.0152. The Labute approximate surface area is 399 Å². The molecule has 0 unspecified atom stereocenters. The van der Waals surface area contributed by atoms with Crippen LogP contribution in [0.25, 0.3) is 34.4 Å². The highest BCUT2D eigenvalue weighted by Gasteiger charge is 2.33. The summed E-state index contributed by atoms with van der Waals surface area (Å²) in [6, 6.07) is 23.0. The molecule has 8 rings (SSSR count). The van der Waals surface area contributed by atoms with Crippen molar-refractivity contribution in [1.29, 1.82) is 0 Å². The van der Waals surface area contributed by atoms with E-state index in [4.69, 9.17) is 0 Å². The first-order chi connectivity index (χ1) is 32.4. The van der Waals surface area contributed by atoms with Gasteiger partial charge < -0.3 is 19.6 Å². The zero-order chi connectivity index (χ0) is 47.2. The largest absolute Gasteiger partial charge is 0.339 e. The third kappa shape index (κ3) is 10.7. The van der Waals surface area contributed by atoms with Gasteiger partial charge in [0, 0.05) is 50.4 Å². The van der Waals surface area contributed by atoms with Crippen LogP contribution in [0, 0.1) is 20.2 Å². The number of carbonyl (C=O) groups excluding carboxylic acids is 2. The van der Waals surface area contributed by atoms with Gasteiger partial charge in [-0.25, -0.2) is 0 Å². The highest BCUT2D eigenvalue weighted by molar-refractivity contribution is 7.99. The fourth-order valence-corrected chi connectivity index (χ4v) is 11.8. The van der Waals surface area contributed by atoms with Gasteiger partial charge in [-0.3, -0.25) is 29.8 Å². The Morgan fingerprint density at radius 2 is 0.910 bits per heavy atom. The summed E-state index contributed by atoms with van der Waals surface area (Å²) in [5, 5.41) is 27.0. The lowest BCUT2D eigenvalue weighted by molar-refractivity contribution is -0.387. The number of likely N-dealkylation sites (tertiary alicyclic amines) is 4. The molecule has 0 atom stereocenters. The first-order valence-electron chi connectivity index (χ1n) is 24.3. The molecule has 4 aliphatic heterocycles. The van der Waals surface area contributed by atoms with Gasteiger partial charge in [0.05, 0.1) is 30.8 Å². The first kappa shape index (κ1) is 47.8. The van der Waals surface area contributed by atoms with Gasteiger partial charge in [0.15, 0.2) is 0 Å². The van der Waals surface area contributed by atoms with Crippen molar-refractivity contribution in [1.82, 2.24) is 19.6 Å². The summed E-state index contributed by atoms with van der Waals surface area (Å²) >= 11 is 0.987. The summed E-state index contributed by atoms with van der Waals surface area (Å²) in [6.45, 7) is 15.3. The van der Waals surface area contributed by atoms with E-state index in [-0.39, 0.29) is 44.8 Å². The topological polar surface area (TPSA) is 133 Å². The van der Waals surface area contributed by atoms with Gasteiger partial charge in [-0.2, -0.15) is 0 Å². The molecule has 67 heavy (non-hydrogen) atoms. The molecule has 0 N–H and O–H groups in total. The molecule has 0 bridgehead atoms. The average molecular weight is 925 g/mol. The lowest BCUT2D eigenvalue weighted by Crippen LogP contribution is -2.45. The van der Waals surface area contributed by atoms with Crippen LogP contribution in [-0.2, 0) is 9.59 Å². The maximum atomic E-state index is 13.7. The van der Waals surface area contributed by atoms with E-state index in [2.05, 4.69) is 9.80 Å². The van der Waals surface area contributed by atoms with E-state index in [9.17, 15) is 29.8 Å². The van der Waals surface area contributed by atoms with Crippen LogP contribution in [0.5, 0.6) is 0 Å². The molecule has 0 radical (unpaired) electrons. The number of hydrogen-bond acceptors (Lipinski definition) is 9. The Hall–Kier alpha value is -5.63. The van der Waals surface area contributed by atoms with Crippen LogP contribution >= 0.6 is 11.8 Å². The Morgan fingerprint density at radius 3 is 1.25 bits per heavy atom. The summed E-state index contributed by atoms with van der Waals surface area (Å²) in [5.74, 6) is -0.235. The number of carbonyl (C=O) groups is 2. The second-order valence-corrected chi connectivity index (χ2v) is 20.2. The second-order valence-electron chi connectivity index (χ2n) is 19.1. The molecule has 12 nitrogen and oxygen atoms in total. The normalized spacial score (nSPS) is 18.1. The van der Waals surface area contributed by atoms with Crippen molar-refractivity contribution < 1.29 is 19.4 Å². The molecule has 2 amide bonds. The first-order valence-corrected chi connectivity index (χ1v) is 25.1. The van der Waals surface area contributed by atoms with Gasteiger partial charge in [0.1, 0.15) is 0 Å². The minimum atomic E-state index is -0.408. The number of amides is 2. The second kappa shape index (κ2) is 21.5. The van der Waals surface area contributed by atoms with E-state index in [1.807, 2.05) is 86.0 Å². The third-order valence-electron chi connectivity index (χ3n) is 14.3. The van der Waals surface area contributed by atoms with Crippen LogP contribution in [0.2, 0.25) is 0 Å². The van der Waals surface area contributed by atoms with Gasteiger partial charge >= 0.3 is 0 Å². The fourth-order valence-electron chi connectivity index (χ4n) is 10.8. The van der Waals surface area contributed by atoms with Gasteiger partial charge in [-0.05, 0) is 147 Å². The van der Waals surface area contributed by atoms with Crippen LogP contribution in [0.1, 0.15) is 113 Å². The molecule has 4 aromatic carbocycles. The molecule has 4 saturated heterocycles. The van der Waals surface area contributed by atoms with Crippen molar-refractivity contribution in [3.8, 4) is 22.3 Å². The third-order valence-corrected chi connectivity index (χ3v) is 15.4. The number of hydrogen-bond donors (Lipinski definition) is 0. The van der Waals surface area contributed by atoms with Crippen molar-refractivity contribution in [3.63, 3.8) is 0 Å². The quantitative estimate of drug-likeness (QED) is 0.0688. The summed E-state index contributed by atoms with van der Waals surface area (Å²) in [6.07, 6.45) is 15.0. The number of nitro groups is 2. The number of nitro benzene ring substituents is 2. The van der Waals surface area contributed by atoms with E-state index < -0.39 is 9.85 Å². The molecular weight excluding hydrogens is 861 g/mol. The van der Waals surface area contributed by atoms with Crippen LogP contribution in [-0.4, -0.2) is 106 Å². The Bertz CT molecular complexity index is 2350. The summed E-state index contributed by atoms with van der Waals surface area (Å²) in [5.41, 5.74) is 4.47. The summed E-state index contributed by atoms with van der Waals surface area (Å²) < 4.78 is 0. The molecule has 0 saturated carbocycles. The van der Waals surface area contributed by atoms with E-state index >= 15 is 0 Å². The molecule has 13 heteroatoms. The predicted molar refractivity (Wildman–Crippen MR) is 268 cm³/mol. The van der Waals surface area contributed by atoms with E-state index in [0.29, 0.717) is 71.6 Å². The van der Waals surface area contributed by atoms with Gasteiger partial charge in [0.2, 0.25) is 11.8 Å². The number of benzene rings is 4. The van der Waals surface area contributed by atoms with Gasteiger partial charge in [-0.1, -0.05) is 100 Å². The average Bonchev–Trinajstić information content (AvgIpc) is 4.09. The minimum Gasteiger partial charge on any atom is -0.339 e. The molecule has 4 aromatic rings. The molecule has 0 aliphatic carbocycles. The smallest absolute Gasteiger partial charge is 0.291 e. The molecule has 0 spiro atoms. The van der Waals surface area contributed by atoms with Crippen molar-refractivity contribution in [2.24, 2.45) is 0 Å². The van der Waals surface area contributed by atoms with E-state index in [0.717, 1.165) is 74.8 Å². The SMILES string of the molecule is CC(C)c1ccccc1-c1c(/C=C/C(=O)N2CCC(N3CCCC3)CC2)ccc(Sc2ccc(/C=C/C(=O)N3CCC(N4CCCC4)CC3)c(-c3ccccc3C(C)C)c2[N+](=O)[O-])c1[N+](=O)[O-]. The monoisotopic (exact) mass is 924 g/mol. The van der Waals surface area contributed by atoms with E-state index in [1.54, 1.807) is 36.4 Å². The van der Waals surface area contributed by atoms with Crippen molar-refractivity contribution in [3.05, 3.63) is 127 Å². The summed E-state index contributed by atoms with van der Waals surface area (Å²) in [7, 11) is 0. The molecule has 0 aromatic heterocycles. The van der Waals surface area contributed by atoms with E-state index in [1.165, 1.54) is 37.8 Å². The molecule has 4 aliphatic rings. The molecule has 4 fully saturated rings. The highest BCUT2D eigenvalue weighted by atomic mass is 32.2. The van der Waals surface area contributed by atoms with Crippen LogP contribution in [0.4, 0.5) is 11.4 Å². The molecular formula is C54H64N6O6S. The highest BCUT2D eigenvalue weighted by Crippen LogP contribution is 2.50. The predicted octanol–water partition coefficient (Wildman–Crippen LogP) is 11.4. The van der Waals surface area contributed by atoms with Crippen molar-refractivity contribution >= 4 is 47.1 Å². The summed E-state index contributed by atoms with van der Waals surface area (Å²) in [4.78, 5) is 62.9. The Morgan fingerprint density at radius 1 is 0.552 bits per heavy atom. The number of nitrogens with zero attached hydrogens (tertiary/aromatic N) is 6. The Balaban J connectivity index is 1.17. The zero-order valence-corrected chi connectivity index (χ0v) is 40.2. The maximum absolute atomic E-state index is 13.7. The fraction of sp³-hybridized carbons (Fsp3) is 0.444. The van der Waals surface area contributed by atoms with Gasteiger partial charge in [-0.15, -0.1) is 0 Å². The Kier molecular flexibility index (Phi) is 15.4. The van der Waals surface area contributed by atoms with Gasteiger partial charge in [0.25, 0.3) is 11.4 Å². The maximum Gasteiger partial charge on any atom is 0.291 e. The zero-order valence-electron chi connectivity index (χ0n) is 39.4. The van der Waals surface area contributed by atoms with Crippen LogP contribution in [0.3, 0.4) is 0 Å². The standard InChI is InChI=1S/C54H64N6O6S/c1-37(2)43-13-5-7-15-45(43)51-39(19-23-49(61)57-33-25-41(26-34-57)55-29-9-10-30-55)17-21-47(53(51)59(63)64)67-48-22-18-40(52(54(48)60(65)66)46-16-8-6-14-44(46)38(3)4)20-24-50(62)58-35-27-42(28-36-58)56-31-11-12-32-56/h5-8,13-24,37-38,41-42H,9-12,25-36H2,1-4H3/b23-19+,24-20+. The number of rotatable bonds is 14. The molecule has 352 valence electrons. The lowest BCUT2D eigenvalue weighted by Gasteiger charge is -2.36. The van der Waals surface area contributed by atoms with Crippen LogP contribution in [0.15, 0.2) is 94.7 Å². The van der Waals surface area contributed by atoms with Crippen LogP contribution < -0.4 is 0 Å². The number of piperidine rings is 2.